The number of carbonyl (C=O) groups excluding carboxylic acids is 3. The largest absolute Gasteiger partial charge is 0.611 e. The molecular formula is C63H68N8O14S2. The van der Waals surface area contributed by atoms with E-state index in [2.05, 4.69) is 25.5 Å². The average Bonchev–Trinajstić information content (AvgIpc) is 1.87. The number of hydrogen-bond acceptors (Lipinski definition) is 16. The zero-order valence-corrected chi connectivity index (χ0v) is 50.7. The number of carboxylic acid groups (broad SMARTS) is 1. The smallest absolute Gasteiger partial charge is 0.335 e. The van der Waals surface area contributed by atoms with E-state index in [4.69, 9.17) is 29.2 Å². The molecule has 1 aliphatic carbocycles. The number of sulfonamides is 1. The maximum absolute atomic E-state index is 13.2. The number of amides is 3. The van der Waals surface area contributed by atoms with Crippen molar-refractivity contribution in [3.63, 3.8) is 0 Å². The van der Waals surface area contributed by atoms with Crippen molar-refractivity contribution in [3.05, 3.63) is 179 Å². The number of aromatic hydroxyl groups is 1. The van der Waals surface area contributed by atoms with Gasteiger partial charge in [0, 0.05) is 32.0 Å². The fourth-order valence-corrected chi connectivity index (χ4v) is 12.5. The normalized spacial score (nSPS) is 13.9. The van der Waals surface area contributed by atoms with Gasteiger partial charge in [0.1, 0.15) is 23.4 Å². The molecule has 87 heavy (non-hydrogen) atoms. The average molecular weight is 1230 g/mol. The van der Waals surface area contributed by atoms with Crippen molar-refractivity contribution in [3.8, 4) is 40.0 Å². The minimum absolute atomic E-state index is 0.0428. The van der Waals surface area contributed by atoms with Crippen molar-refractivity contribution in [2.24, 2.45) is 5.92 Å². The number of carboxylic acids is 1. The monoisotopic (exact) mass is 1220 g/mol. The van der Waals surface area contributed by atoms with E-state index in [1.165, 1.54) is 71.2 Å². The lowest BCUT2D eigenvalue weighted by Crippen LogP contribution is -2.41. The van der Waals surface area contributed by atoms with Gasteiger partial charge in [-0.3, -0.25) is 24.3 Å². The molecular weight excluding hydrogens is 1160 g/mol. The highest BCUT2D eigenvalue weighted by Gasteiger charge is 2.47. The third kappa shape index (κ3) is 15.6. The SMILES string of the molecule is CCCN(CCC)S(=O)(=O)c1ccc(C(=O)O)cc1.COc1cc2c(c(OC)c1OC)-c1ccc(OC)c(=O)cc1[C@@H](NC(C)=O)CC2.O=C1C(CC[S+]([O-])c2ccccc2)C(=O)N(c2ccccc2)N1c1ccccc1.Oc1ncnc2[nH]ncc12. The molecule has 8 aromatic rings. The number of H-pyrrole nitrogens is 1. The first-order valence-corrected chi connectivity index (χ1v) is 30.4. The number of anilines is 2. The van der Waals surface area contributed by atoms with Crippen molar-refractivity contribution in [2.75, 3.05) is 57.3 Å². The summed E-state index contributed by atoms with van der Waals surface area (Å²) in [6.45, 7) is 6.25. The fourth-order valence-electron chi connectivity index (χ4n) is 9.77. The number of hydrogen-bond donors (Lipinski definition) is 4. The molecule has 6 aromatic carbocycles. The number of para-hydroxylation sites is 2. The summed E-state index contributed by atoms with van der Waals surface area (Å²) in [5.74, 6) is -0.708. The van der Waals surface area contributed by atoms with Gasteiger partial charge in [-0.1, -0.05) is 74.5 Å². The van der Waals surface area contributed by atoms with Gasteiger partial charge in [-0.2, -0.15) is 9.40 Å². The highest BCUT2D eigenvalue weighted by molar-refractivity contribution is 7.91. The summed E-state index contributed by atoms with van der Waals surface area (Å²) in [6.07, 6.45) is 5.73. The van der Waals surface area contributed by atoms with Crippen LogP contribution >= 0.6 is 0 Å². The summed E-state index contributed by atoms with van der Waals surface area (Å²) in [6, 6.07) is 39.2. The molecule has 3 heterocycles. The number of aryl methyl sites for hydroxylation is 1. The fraction of sp³-hybridized carbons (Fsp3) is 0.270. The number of carbonyl (C=O) groups is 4. The van der Waals surface area contributed by atoms with Crippen LogP contribution in [0, 0.1) is 5.92 Å². The van der Waals surface area contributed by atoms with Gasteiger partial charge in [0.05, 0.1) is 62.5 Å². The Morgan fingerprint density at radius 2 is 1.33 bits per heavy atom. The second kappa shape index (κ2) is 30.6. The number of fused-ring (bicyclic) bond motifs is 4. The number of hydrazine groups is 1. The van der Waals surface area contributed by atoms with E-state index in [-0.39, 0.29) is 63.5 Å². The van der Waals surface area contributed by atoms with Gasteiger partial charge in [0.2, 0.25) is 33.0 Å². The number of nitrogens with zero attached hydrogens (tertiary/aromatic N) is 6. The topological polar surface area (TPSA) is 296 Å². The molecule has 1 saturated heterocycles. The Hall–Kier alpha value is -9.36. The van der Waals surface area contributed by atoms with Gasteiger partial charge in [-0.15, -0.1) is 0 Å². The van der Waals surface area contributed by atoms with Crippen LogP contribution in [0.25, 0.3) is 22.2 Å². The van der Waals surface area contributed by atoms with Gasteiger partial charge >= 0.3 is 5.97 Å². The Balaban J connectivity index is 0.000000175. The highest BCUT2D eigenvalue weighted by Crippen LogP contribution is 2.50. The Bertz CT molecular complexity index is 3760. The zero-order chi connectivity index (χ0) is 62.8. The second-order valence-electron chi connectivity index (χ2n) is 19.5. The van der Waals surface area contributed by atoms with Crippen LogP contribution in [0.2, 0.25) is 0 Å². The number of aromatic nitrogens is 4. The van der Waals surface area contributed by atoms with Crippen LogP contribution in [-0.2, 0) is 42.0 Å². The van der Waals surface area contributed by atoms with E-state index in [0.717, 1.165) is 29.5 Å². The molecule has 1 unspecified atom stereocenters. The number of aromatic amines is 1. The van der Waals surface area contributed by atoms with E-state index in [1.807, 2.05) is 80.6 Å². The lowest BCUT2D eigenvalue weighted by Gasteiger charge is -2.27. The molecule has 4 N–H and O–H groups in total. The van der Waals surface area contributed by atoms with Crippen LogP contribution in [0.5, 0.6) is 28.9 Å². The number of aromatic carboxylic acids is 1. The van der Waals surface area contributed by atoms with Crippen molar-refractivity contribution >= 4 is 67.3 Å². The van der Waals surface area contributed by atoms with Crippen LogP contribution in [0.15, 0.2) is 167 Å². The van der Waals surface area contributed by atoms with Gasteiger partial charge in [0.25, 0.3) is 11.8 Å². The van der Waals surface area contributed by atoms with Crippen molar-refractivity contribution < 1.29 is 61.3 Å². The molecule has 2 aliphatic rings. The Kier molecular flexibility index (Phi) is 23.0. The molecule has 1 aliphatic heterocycles. The predicted molar refractivity (Wildman–Crippen MR) is 329 cm³/mol. The standard InChI is InChI=1S/C23H20N2O3S.C22H25NO6.C13H19NO4S.C5H4N4O/c26-22-21(16-17-29(28)20-14-8-3-9-15-20)23(27)25(19-12-6-2-7-13-19)24(22)18-10-4-1-5-11-18;1-12(24)23-16-8-6-13-10-19(27-3)21(28-4)22(29-5)20(13)14-7-9-18(26-2)17(25)11-15(14)16;1-3-9-14(10-4-2)19(17,18)12-7-5-11(6-8-12)13(15)16;10-5-3-1-8-9-4(3)6-2-7-5/h1-15,21H,16-17H2;7,9-11,16H,6,8H2,1-5H3,(H,23,24);5-8H,3-4,9-10H2,1-2H3,(H,15,16);1-2H,(H2,6,7,8,9,10)/t;16-;;/m.0../s1. The van der Waals surface area contributed by atoms with Crippen LogP contribution in [0.3, 0.4) is 0 Å². The quantitative estimate of drug-likeness (QED) is 0.0460. The zero-order valence-electron chi connectivity index (χ0n) is 49.0. The third-order valence-corrected chi connectivity index (χ3v) is 17.1. The summed E-state index contributed by atoms with van der Waals surface area (Å²) in [4.78, 5) is 69.9. The molecule has 24 heteroatoms. The second-order valence-corrected chi connectivity index (χ2v) is 23.0. The minimum atomic E-state index is -3.53. The predicted octanol–water partition coefficient (Wildman–Crippen LogP) is 8.92. The maximum Gasteiger partial charge on any atom is 0.335 e. The molecule has 456 valence electrons. The summed E-state index contributed by atoms with van der Waals surface area (Å²) < 4.78 is 60.8. The molecule has 1 fully saturated rings. The van der Waals surface area contributed by atoms with E-state index in [9.17, 15) is 36.9 Å². The molecule has 2 aromatic heterocycles. The first-order valence-electron chi connectivity index (χ1n) is 27.6. The molecule has 0 radical (unpaired) electrons. The molecule has 3 amide bonds. The van der Waals surface area contributed by atoms with Gasteiger partial charge in [-0.25, -0.2) is 33.2 Å². The van der Waals surface area contributed by atoms with Crippen LogP contribution < -0.4 is 39.7 Å². The minimum Gasteiger partial charge on any atom is -0.611 e. The molecule has 22 nitrogen and oxygen atoms in total. The molecule has 10 rings (SSSR count). The van der Waals surface area contributed by atoms with Crippen molar-refractivity contribution in [2.45, 2.75) is 68.7 Å². The van der Waals surface area contributed by atoms with Gasteiger partial charge in [0.15, 0.2) is 27.8 Å². The van der Waals surface area contributed by atoms with Crippen LogP contribution in [0.4, 0.5) is 11.4 Å². The first-order chi connectivity index (χ1) is 41.9. The van der Waals surface area contributed by atoms with E-state index >= 15 is 0 Å². The summed E-state index contributed by atoms with van der Waals surface area (Å²) in [5.41, 5.74) is 4.89. The summed E-state index contributed by atoms with van der Waals surface area (Å²) >= 11 is -1.26. The van der Waals surface area contributed by atoms with E-state index in [1.54, 1.807) is 63.8 Å². The van der Waals surface area contributed by atoms with Crippen LogP contribution in [-0.4, -0.2) is 119 Å². The third-order valence-electron chi connectivity index (χ3n) is 13.8. The lowest BCUT2D eigenvalue weighted by molar-refractivity contribution is -0.127. The lowest BCUT2D eigenvalue weighted by atomic mass is 9.95. The van der Waals surface area contributed by atoms with Crippen molar-refractivity contribution in [1.29, 1.82) is 0 Å². The number of rotatable bonds is 18. The van der Waals surface area contributed by atoms with Crippen molar-refractivity contribution in [1.82, 2.24) is 29.8 Å². The summed E-state index contributed by atoms with van der Waals surface area (Å²) in [5, 5.41) is 30.5. The van der Waals surface area contributed by atoms with E-state index in [0.29, 0.717) is 76.0 Å². The highest BCUT2D eigenvalue weighted by atomic mass is 32.2. The van der Waals surface area contributed by atoms with E-state index < -0.39 is 33.1 Å². The number of benzene rings is 5. The Morgan fingerprint density at radius 3 is 1.85 bits per heavy atom. The number of methoxy groups -OCH3 is 4. The Morgan fingerprint density at radius 1 is 0.759 bits per heavy atom. The number of ether oxygens (including phenoxy) is 4. The Labute approximate surface area is 506 Å². The maximum atomic E-state index is 13.2. The van der Waals surface area contributed by atoms with Crippen LogP contribution in [0.1, 0.15) is 74.0 Å². The molecule has 2 atom stereocenters. The molecule has 0 spiro atoms. The molecule has 0 saturated carbocycles. The molecule has 0 bridgehead atoms. The summed E-state index contributed by atoms with van der Waals surface area (Å²) in [7, 11) is 2.61. The van der Waals surface area contributed by atoms with Gasteiger partial charge in [-0.05, 0) is 132 Å². The van der Waals surface area contributed by atoms with Gasteiger partial charge < -0.3 is 39.0 Å². The number of nitrogens with one attached hydrogen (secondary N) is 2. The first kappa shape index (κ1) is 65.2.